The number of hydroxylamine groups is 1. The third kappa shape index (κ3) is 4.22. The van der Waals surface area contributed by atoms with Gasteiger partial charge < -0.3 is 4.90 Å². The van der Waals surface area contributed by atoms with E-state index in [4.69, 9.17) is 4.84 Å². The minimum Gasteiger partial charge on any atom is -0.335 e. The van der Waals surface area contributed by atoms with Crippen molar-refractivity contribution in [3.8, 4) is 0 Å². The van der Waals surface area contributed by atoms with Gasteiger partial charge in [0, 0.05) is 12.1 Å². The summed E-state index contributed by atoms with van der Waals surface area (Å²) in [4.78, 5) is 31.6. The maximum Gasteiger partial charge on any atom is 0.251 e. The first-order valence-electron chi connectivity index (χ1n) is 9.24. The maximum atomic E-state index is 12.4. The second-order valence-electron chi connectivity index (χ2n) is 7.06. The van der Waals surface area contributed by atoms with Gasteiger partial charge in [0.05, 0.1) is 6.42 Å². The molecular formula is C21H26N2O3. The molecule has 1 N–H and O–H groups in total. The van der Waals surface area contributed by atoms with Crippen LogP contribution in [0, 0.1) is 0 Å². The number of hydrogen-bond acceptors (Lipinski definition) is 3. The molecule has 0 radical (unpaired) electrons. The highest BCUT2D eigenvalue weighted by Crippen LogP contribution is 2.22. The van der Waals surface area contributed by atoms with Crippen molar-refractivity contribution in [3.63, 3.8) is 0 Å². The Balaban J connectivity index is 1.52. The summed E-state index contributed by atoms with van der Waals surface area (Å²) in [6.07, 6.45) is 3.40. The van der Waals surface area contributed by atoms with Gasteiger partial charge in [-0.3, -0.25) is 14.4 Å². The molecule has 0 aromatic heterocycles. The standard InChI is InChI=1S/C21H26N2O3/c1-15-7-5-8-16(2)23(15)21(25)14-26-22-20(24)13-18-11-6-10-17-9-3-4-12-19(17)18/h3-4,6,9-12,15-16H,5,7-8,13-14H2,1-2H3,(H,22,24). The third-order valence-corrected chi connectivity index (χ3v) is 5.09. The van der Waals surface area contributed by atoms with Crippen LogP contribution in [0.1, 0.15) is 38.7 Å². The molecule has 2 unspecified atom stereocenters. The summed E-state index contributed by atoms with van der Waals surface area (Å²) in [6, 6.07) is 14.3. The van der Waals surface area contributed by atoms with Crippen LogP contribution in [0.5, 0.6) is 0 Å². The molecule has 1 saturated heterocycles. The number of fused-ring (bicyclic) bond motifs is 1. The Labute approximate surface area is 154 Å². The van der Waals surface area contributed by atoms with Crippen LogP contribution in [0.25, 0.3) is 10.8 Å². The Kier molecular flexibility index (Phi) is 5.89. The highest BCUT2D eigenvalue weighted by molar-refractivity contribution is 5.90. The highest BCUT2D eigenvalue weighted by Gasteiger charge is 2.28. The zero-order chi connectivity index (χ0) is 18.5. The maximum absolute atomic E-state index is 12.4. The van der Waals surface area contributed by atoms with Gasteiger partial charge in [0.2, 0.25) is 5.91 Å². The Morgan fingerprint density at radius 2 is 1.77 bits per heavy atom. The summed E-state index contributed by atoms with van der Waals surface area (Å²) in [5, 5.41) is 2.15. The number of piperidine rings is 1. The van der Waals surface area contributed by atoms with E-state index in [-0.39, 0.29) is 36.9 Å². The molecule has 5 nitrogen and oxygen atoms in total. The minimum absolute atomic E-state index is 0.0739. The lowest BCUT2D eigenvalue weighted by atomic mass is 9.97. The number of nitrogens with zero attached hydrogens (tertiary/aromatic N) is 1. The number of amides is 2. The van der Waals surface area contributed by atoms with Gasteiger partial charge in [0.25, 0.3) is 5.91 Å². The van der Waals surface area contributed by atoms with Crippen LogP contribution in [0.15, 0.2) is 42.5 Å². The molecule has 1 aliphatic rings. The van der Waals surface area contributed by atoms with Gasteiger partial charge in [0.15, 0.2) is 6.61 Å². The van der Waals surface area contributed by atoms with Gasteiger partial charge in [-0.1, -0.05) is 42.5 Å². The topological polar surface area (TPSA) is 58.6 Å². The number of benzene rings is 2. The normalized spacial score (nSPS) is 20.2. The van der Waals surface area contributed by atoms with Crippen LogP contribution in [0.4, 0.5) is 0 Å². The smallest absolute Gasteiger partial charge is 0.251 e. The molecular weight excluding hydrogens is 328 g/mol. The molecule has 2 atom stereocenters. The number of likely N-dealkylation sites (tertiary alicyclic amines) is 1. The van der Waals surface area contributed by atoms with Crippen LogP contribution in [-0.4, -0.2) is 35.4 Å². The minimum atomic E-state index is -0.256. The molecule has 1 aliphatic heterocycles. The van der Waals surface area contributed by atoms with Gasteiger partial charge in [-0.15, -0.1) is 0 Å². The predicted molar refractivity (Wildman–Crippen MR) is 101 cm³/mol. The number of rotatable bonds is 5. The van der Waals surface area contributed by atoms with Crippen LogP contribution >= 0.6 is 0 Å². The summed E-state index contributed by atoms with van der Waals surface area (Å²) < 4.78 is 0. The SMILES string of the molecule is CC1CCCC(C)N1C(=O)CONC(=O)Cc1cccc2ccccc12. The summed E-state index contributed by atoms with van der Waals surface area (Å²) in [5.74, 6) is -0.330. The molecule has 5 heteroatoms. The number of nitrogens with one attached hydrogen (secondary N) is 1. The van der Waals surface area contributed by atoms with Crippen molar-refractivity contribution in [1.29, 1.82) is 0 Å². The Hall–Kier alpha value is -2.40. The molecule has 2 aromatic carbocycles. The van der Waals surface area contributed by atoms with E-state index in [0.717, 1.165) is 35.6 Å². The summed E-state index contributed by atoms with van der Waals surface area (Å²) in [7, 11) is 0. The van der Waals surface area contributed by atoms with Gasteiger partial charge >= 0.3 is 0 Å². The van der Waals surface area contributed by atoms with E-state index < -0.39 is 0 Å². The van der Waals surface area contributed by atoms with E-state index in [0.29, 0.717) is 0 Å². The first-order chi connectivity index (χ1) is 12.6. The van der Waals surface area contributed by atoms with Crippen LogP contribution in [0.2, 0.25) is 0 Å². The highest BCUT2D eigenvalue weighted by atomic mass is 16.7. The molecule has 0 saturated carbocycles. The summed E-state index contributed by atoms with van der Waals surface area (Å²) >= 11 is 0. The average Bonchev–Trinajstić information content (AvgIpc) is 2.62. The molecule has 2 aromatic rings. The van der Waals surface area contributed by atoms with Crippen LogP contribution in [0.3, 0.4) is 0 Å². The van der Waals surface area contributed by atoms with E-state index in [1.807, 2.05) is 47.4 Å². The van der Waals surface area contributed by atoms with Crippen molar-refractivity contribution < 1.29 is 14.4 Å². The van der Waals surface area contributed by atoms with Crippen molar-refractivity contribution in [2.45, 2.75) is 51.6 Å². The van der Waals surface area contributed by atoms with Crippen molar-refractivity contribution in [1.82, 2.24) is 10.4 Å². The fraction of sp³-hybridized carbons (Fsp3) is 0.429. The zero-order valence-corrected chi connectivity index (χ0v) is 15.4. The van der Waals surface area contributed by atoms with Crippen molar-refractivity contribution in [2.24, 2.45) is 0 Å². The monoisotopic (exact) mass is 354 g/mol. The molecule has 0 bridgehead atoms. The van der Waals surface area contributed by atoms with E-state index >= 15 is 0 Å². The fourth-order valence-corrected chi connectivity index (χ4v) is 3.82. The molecule has 0 aliphatic carbocycles. The van der Waals surface area contributed by atoms with Crippen molar-refractivity contribution in [3.05, 3.63) is 48.0 Å². The Bertz CT molecular complexity index is 774. The first-order valence-corrected chi connectivity index (χ1v) is 9.24. The fourth-order valence-electron chi connectivity index (χ4n) is 3.82. The first kappa shape index (κ1) is 18.4. The number of carbonyl (C=O) groups is 2. The molecule has 3 rings (SSSR count). The van der Waals surface area contributed by atoms with E-state index in [1.54, 1.807) is 0 Å². The zero-order valence-electron chi connectivity index (χ0n) is 15.4. The lowest BCUT2D eigenvalue weighted by Crippen LogP contribution is -2.49. The van der Waals surface area contributed by atoms with Crippen molar-refractivity contribution in [2.75, 3.05) is 6.61 Å². The van der Waals surface area contributed by atoms with Crippen LogP contribution in [-0.2, 0) is 20.8 Å². The lowest BCUT2D eigenvalue weighted by Gasteiger charge is -2.38. The molecule has 138 valence electrons. The van der Waals surface area contributed by atoms with E-state index in [2.05, 4.69) is 19.3 Å². The summed E-state index contributed by atoms with van der Waals surface area (Å²) in [5.41, 5.74) is 3.35. The number of hydrogen-bond donors (Lipinski definition) is 1. The molecule has 1 heterocycles. The van der Waals surface area contributed by atoms with Gasteiger partial charge in [-0.25, -0.2) is 5.48 Å². The van der Waals surface area contributed by atoms with E-state index in [9.17, 15) is 9.59 Å². The van der Waals surface area contributed by atoms with Gasteiger partial charge in [0.1, 0.15) is 0 Å². The molecule has 26 heavy (non-hydrogen) atoms. The largest absolute Gasteiger partial charge is 0.335 e. The second-order valence-corrected chi connectivity index (χ2v) is 7.06. The predicted octanol–water partition coefficient (Wildman–Crippen LogP) is 3.22. The lowest BCUT2D eigenvalue weighted by molar-refractivity contribution is -0.149. The summed E-state index contributed by atoms with van der Waals surface area (Å²) in [6.45, 7) is 4.00. The number of carbonyl (C=O) groups excluding carboxylic acids is 2. The quantitative estimate of drug-likeness (QED) is 0.839. The Morgan fingerprint density at radius 3 is 2.54 bits per heavy atom. The molecule has 0 spiro atoms. The third-order valence-electron chi connectivity index (χ3n) is 5.09. The van der Waals surface area contributed by atoms with Crippen LogP contribution < -0.4 is 5.48 Å². The molecule has 2 amide bonds. The molecule has 1 fully saturated rings. The second kappa shape index (κ2) is 8.32. The average molecular weight is 354 g/mol. The van der Waals surface area contributed by atoms with Gasteiger partial charge in [-0.2, -0.15) is 0 Å². The Morgan fingerprint density at radius 1 is 1.08 bits per heavy atom. The van der Waals surface area contributed by atoms with Crippen molar-refractivity contribution >= 4 is 22.6 Å². The van der Waals surface area contributed by atoms with E-state index in [1.165, 1.54) is 0 Å². The van der Waals surface area contributed by atoms with Gasteiger partial charge in [-0.05, 0) is 49.4 Å².